The first-order chi connectivity index (χ1) is 9.43. The van der Waals surface area contributed by atoms with Crippen LogP contribution in [-0.2, 0) is 5.41 Å². The third-order valence-corrected chi connectivity index (χ3v) is 4.99. The number of thiophene rings is 1. The molecule has 0 bridgehead atoms. The summed E-state index contributed by atoms with van der Waals surface area (Å²) in [6, 6.07) is 6.69. The molecule has 0 saturated carbocycles. The minimum absolute atomic E-state index is 0.172. The van der Waals surface area contributed by atoms with E-state index in [-0.39, 0.29) is 11.5 Å². The van der Waals surface area contributed by atoms with Gasteiger partial charge in [0.25, 0.3) is 0 Å². The molecule has 2 heterocycles. The first-order valence-electron chi connectivity index (χ1n) is 7.31. The second kappa shape index (κ2) is 6.15. The second-order valence-electron chi connectivity index (χ2n) is 6.31. The zero-order valence-corrected chi connectivity index (χ0v) is 13.9. The van der Waals surface area contributed by atoms with Gasteiger partial charge in [0.2, 0.25) is 0 Å². The van der Waals surface area contributed by atoms with Crippen LogP contribution in [0.3, 0.4) is 0 Å². The number of rotatable bonds is 5. The van der Waals surface area contributed by atoms with E-state index in [2.05, 4.69) is 52.1 Å². The molecule has 0 spiro atoms. The van der Waals surface area contributed by atoms with Crippen LogP contribution in [0.15, 0.2) is 28.9 Å². The fraction of sp³-hybridized carbons (Fsp3) is 0.529. The van der Waals surface area contributed by atoms with Crippen molar-refractivity contribution in [1.29, 1.82) is 0 Å². The van der Waals surface area contributed by atoms with E-state index in [0.29, 0.717) is 0 Å². The number of hydrogen-bond donors (Lipinski definition) is 1. The predicted molar refractivity (Wildman–Crippen MR) is 86.6 cm³/mol. The fourth-order valence-electron chi connectivity index (χ4n) is 2.20. The van der Waals surface area contributed by atoms with Gasteiger partial charge in [0.1, 0.15) is 11.8 Å². The normalized spacial score (nSPS) is 13.7. The highest BCUT2D eigenvalue weighted by molar-refractivity contribution is 7.12. The summed E-state index contributed by atoms with van der Waals surface area (Å²) in [6.45, 7) is 12.1. The Balaban J connectivity index is 2.32. The van der Waals surface area contributed by atoms with Gasteiger partial charge >= 0.3 is 0 Å². The largest absolute Gasteiger partial charge is 0.467 e. The lowest BCUT2D eigenvalue weighted by molar-refractivity contribution is 0.447. The molecule has 0 radical (unpaired) electrons. The highest BCUT2D eigenvalue weighted by Gasteiger charge is 2.23. The van der Waals surface area contributed by atoms with E-state index < -0.39 is 0 Å². The van der Waals surface area contributed by atoms with Gasteiger partial charge in [-0.3, -0.25) is 0 Å². The summed E-state index contributed by atoms with van der Waals surface area (Å²) in [6.07, 6.45) is 2.90. The van der Waals surface area contributed by atoms with Crippen LogP contribution in [0, 0.1) is 6.92 Å². The minimum atomic E-state index is 0.172. The van der Waals surface area contributed by atoms with Gasteiger partial charge in [-0.1, -0.05) is 27.7 Å². The monoisotopic (exact) mass is 291 g/mol. The molecule has 1 N–H and O–H groups in total. The van der Waals surface area contributed by atoms with Gasteiger partial charge in [0.15, 0.2) is 0 Å². The number of aryl methyl sites for hydroxylation is 1. The van der Waals surface area contributed by atoms with E-state index in [9.17, 15) is 0 Å². The molecule has 0 aliphatic carbocycles. The standard InChI is InChI=1S/C17H25NOS/c1-6-10-18-15(16-12(2)9-11-19-16)13-7-8-14(20-13)17(3,4)5/h7-9,11,15,18H,6,10H2,1-5H3. The zero-order chi connectivity index (χ0) is 14.8. The van der Waals surface area contributed by atoms with E-state index in [1.165, 1.54) is 15.3 Å². The van der Waals surface area contributed by atoms with Gasteiger partial charge in [-0.2, -0.15) is 0 Å². The van der Waals surface area contributed by atoms with Crippen molar-refractivity contribution in [2.45, 2.75) is 52.5 Å². The Morgan fingerprint density at radius 1 is 1.25 bits per heavy atom. The average Bonchev–Trinajstić information content (AvgIpc) is 2.99. The van der Waals surface area contributed by atoms with Gasteiger partial charge in [-0.25, -0.2) is 0 Å². The smallest absolute Gasteiger partial charge is 0.128 e. The third kappa shape index (κ3) is 3.33. The van der Waals surface area contributed by atoms with Gasteiger partial charge in [-0.15, -0.1) is 11.3 Å². The fourth-order valence-corrected chi connectivity index (χ4v) is 3.34. The number of nitrogens with one attached hydrogen (secondary N) is 1. The van der Waals surface area contributed by atoms with Crippen molar-refractivity contribution >= 4 is 11.3 Å². The van der Waals surface area contributed by atoms with E-state index in [1.807, 2.05) is 17.4 Å². The lowest BCUT2D eigenvalue weighted by Gasteiger charge is -2.18. The van der Waals surface area contributed by atoms with Gasteiger partial charge < -0.3 is 9.73 Å². The molecule has 1 atom stereocenters. The SMILES string of the molecule is CCCNC(c1ccc(C(C)(C)C)s1)c1occc1C. The van der Waals surface area contributed by atoms with Crippen molar-refractivity contribution in [3.63, 3.8) is 0 Å². The Morgan fingerprint density at radius 2 is 2.00 bits per heavy atom. The van der Waals surface area contributed by atoms with E-state index in [4.69, 9.17) is 4.42 Å². The number of hydrogen-bond acceptors (Lipinski definition) is 3. The molecular formula is C17H25NOS. The molecule has 3 heteroatoms. The van der Waals surface area contributed by atoms with Crippen LogP contribution in [0.4, 0.5) is 0 Å². The Hall–Kier alpha value is -1.06. The molecule has 0 amide bonds. The molecule has 110 valence electrons. The molecule has 0 aromatic carbocycles. The summed E-state index contributed by atoms with van der Waals surface area (Å²) in [4.78, 5) is 2.75. The molecule has 1 unspecified atom stereocenters. The molecule has 0 aliphatic heterocycles. The summed E-state index contributed by atoms with van der Waals surface area (Å²) in [5.41, 5.74) is 1.42. The highest BCUT2D eigenvalue weighted by Crippen LogP contribution is 2.35. The molecule has 2 aromatic rings. The third-order valence-electron chi connectivity index (χ3n) is 3.41. The van der Waals surface area contributed by atoms with Crippen molar-refractivity contribution in [3.8, 4) is 0 Å². The summed E-state index contributed by atoms with van der Waals surface area (Å²) in [5, 5.41) is 3.61. The Bertz CT molecular complexity index is 547. The van der Waals surface area contributed by atoms with Crippen molar-refractivity contribution < 1.29 is 4.42 Å². The Morgan fingerprint density at radius 3 is 2.50 bits per heavy atom. The van der Waals surface area contributed by atoms with Crippen molar-refractivity contribution in [2.24, 2.45) is 0 Å². The molecule has 0 fully saturated rings. The molecular weight excluding hydrogens is 266 g/mol. The molecule has 2 aromatic heterocycles. The number of furan rings is 1. The van der Waals surface area contributed by atoms with Gasteiger partial charge in [-0.05, 0) is 49.1 Å². The first kappa shape index (κ1) is 15.3. The maximum absolute atomic E-state index is 5.72. The topological polar surface area (TPSA) is 25.2 Å². The van der Waals surface area contributed by atoms with Crippen LogP contribution in [0.5, 0.6) is 0 Å². The zero-order valence-electron chi connectivity index (χ0n) is 13.1. The molecule has 2 nitrogen and oxygen atoms in total. The van der Waals surface area contributed by atoms with Crippen LogP contribution in [0.1, 0.15) is 61.2 Å². The van der Waals surface area contributed by atoms with E-state index in [1.54, 1.807) is 6.26 Å². The maximum Gasteiger partial charge on any atom is 0.128 e. The summed E-state index contributed by atoms with van der Waals surface area (Å²) in [5.74, 6) is 1.04. The minimum Gasteiger partial charge on any atom is -0.467 e. The molecule has 0 aliphatic rings. The molecule has 2 rings (SSSR count). The van der Waals surface area contributed by atoms with Gasteiger partial charge in [0, 0.05) is 9.75 Å². The summed E-state index contributed by atoms with van der Waals surface area (Å²) < 4.78 is 5.72. The second-order valence-corrected chi connectivity index (χ2v) is 7.42. The van der Waals surface area contributed by atoms with E-state index in [0.717, 1.165) is 18.7 Å². The van der Waals surface area contributed by atoms with Crippen LogP contribution in [-0.4, -0.2) is 6.54 Å². The average molecular weight is 291 g/mol. The van der Waals surface area contributed by atoms with E-state index >= 15 is 0 Å². The van der Waals surface area contributed by atoms with Crippen LogP contribution in [0.2, 0.25) is 0 Å². The van der Waals surface area contributed by atoms with Crippen molar-refractivity contribution in [2.75, 3.05) is 6.54 Å². The van der Waals surface area contributed by atoms with Crippen LogP contribution < -0.4 is 5.32 Å². The van der Waals surface area contributed by atoms with Crippen LogP contribution >= 0.6 is 11.3 Å². The Labute approximate surface area is 126 Å². The predicted octanol–water partition coefficient (Wildman–Crippen LogP) is 5.04. The van der Waals surface area contributed by atoms with Crippen molar-refractivity contribution in [1.82, 2.24) is 5.32 Å². The maximum atomic E-state index is 5.72. The Kier molecular flexibility index (Phi) is 4.71. The van der Waals surface area contributed by atoms with Crippen molar-refractivity contribution in [3.05, 3.63) is 45.5 Å². The summed E-state index contributed by atoms with van der Waals surface area (Å²) in [7, 11) is 0. The lowest BCUT2D eigenvalue weighted by atomic mass is 9.95. The molecule has 20 heavy (non-hydrogen) atoms. The first-order valence-corrected chi connectivity index (χ1v) is 8.12. The molecule has 0 saturated heterocycles. The van der Waals surface area contributed by atoms with Crippen LogP contribution in [0.25, 0.3) is 0 Å². The highest BCUT2D eigenvalue weighted by atomic mass is 32.1. The van der Waals surface area contributed by atoms with Gasteiger partial charge in [0.05, 0.1) is 6.26 Å². The quantitative estimate of drug-likeness (QED) is 0.835. The summed E-state index contributed by atoms with van der Waals surface area (Å²) >= 11 is 1.88. The lowest BCUT2D eigenvalue weighted by Crippen LogP contribution is -2.22.